The highest BCUT2D eigenvalue weighted by Gasteiger charge is 2.64. The number of carbonyl (C=O) groups is 6. The first kappa shape index (κ1) is 121. The Morgan fingerprint density at radius 1 is 0.308 bits per heavy atom. The van der Waals surface area contributed by atoms with Crippen LogP contribution >= 0.6 is 0 Å². The van der Waals surface area contributed by atoms with Crippen molar-refractivity contribution in [3.05, 3.63) is 0 Å². The number of nitrogens with one attached hydrogen (secondary N) is 4. The van der Waals surface area contributed by atoms with Crippen LogP contribution in [0.3, 0.4) is 0 Å². The minimum atomic E-state index is -2.70. The number of ether oxygens (including phenoxy) is 23. The van der Waals surface area contributed by atoms with E-state index < -0.39 is 458 Å². The minimum absolute atomic E-state index is 0.202. The molecule has 0 aromatic carbocycles. The predicted octanol–water partition coefficient (Wildman–Crippen LogP) is -22.3. The first-order valence-electron chi connectivity index (χ1n) is 46.9. The molecule has 0 aliphatic carbocycles. The fraction of sp³-hybridized carbons (Fsp3) is 0.928. The molecule has 11 rings (SSSR count). The van der Waals surface area contributed by atoms with Crippen LogP contribution in [-0.4, -0.2) is 599 Å². The van der Waals surface area contributed by atoms with Gasteiger partial charge in [0.25, 0.3) is 12.9 Å². The Morgan fingerprint density at radius 3 is 0.932 bits per heavy atom. The zero-order chi connectivity index (χ0) is 108. The summed E-state index contributed by atoms with van der Waals surface area (Å²) in [6.45, 7) is -4.99. The average molecular weight is 2140 g/mol. The van der Waals surface area contributed by atoms with Gasteiger partial charge in [-0.05, 0) is 6.92 Å². The molecule has 0 radical (unpaired) electrons. The average Bonchev–Trinajstić information content (AvgIpc) is 0.827. The van der Waals surface area contributed by atoms with Crippen molar-refractivity contribution in [2.24, 2.45) is 11.8 Å². The molecule has 34 N–H and O–H groups in total. The molecule has 21 unspecified atom stereocenters. The summed E-state index contributed by atoms with van der Waals surface area (Å²) in [6, 6.07) is -7.37. The lowest BCUT2D eigenvalue weighted by Crippen LogP contribution is -2.71. The maximum Gasteiger partial charge on any atom is 0.332 e. The van der Waals surface area contributed by atoms with Crippen LogP contribution in [0.2, 0.25) is 0 Å². The summed E-state index contributed by atoms with van der Waals surface area (Å²) in [5, 5.41) is 349. The van der Waals surface area contributed by atoms with Crippen molar-refractivity contribution in [3.63, 3.8) is 0 Å². The van der Waals surface area contributed by atoms with E-state index in [2.05, 4.69) is 21.3 Å². The quantitative estimate of drug-likeness (QED) is 0.0199. The van der Waals surface area contributed by atoms with Gasteiger partial charge in [0.2, 0.25) is 23.6 Å². The van der Waals surface area contributed by atoms with Crippen LogP contribution < -0.4 is 21.3 Å². The van der Waals surface area contributed by atoms with Crippen molar-refractivity contribution in [2.45, 2.75) is 398 Å². The van der Waals surface area contributed by atoms with Gasteiger partial charge in [0, 0.05) is 39.5 Å². The predicted molar refractivity (Wildman–Crippen MR) is 452 cm³/mol. The molecule has 146 heavy (non-hydrogen) atoms. The third kappa shape index (κ3) is 27.1. The normalized spacial score (nSPS) is 47.5. The van der Waals surface area contributed by atoms with Crippen LogP contribution in [0.25, 0.3) is 0 Å². The van der Waals surface area contributed by atoms with E-state index in [9.17, 15) is 182 Å². The van der Waals surface area contributed by atoms with Crippen molar-refractivity contribution >= 4 is 36.6 Å². The van der Waals surface area contributed by atoms with E-state index in [1.165, 1.54) is 20.8 Å². The van der Waals surface area contributed by atoms with Gasteiger partial charge in [-0.1, -0.05) is 13.8 Å². The highest BCUT2D eigenvalue weighted by atomic mass is 16.9. The van der Waals surface area contributed by atoms with Crippen molar-refractivity contribution in [2.75, 3.05) is 72.7 Å². The Hall–Kier alpha value is -5.22. The number of carbonyl (C=O) groups excluding carboxylic acids is 6. The summed E-state index contributed by atoms with van der Waals surface area (Å²) < 4.78 is 137. The van der Waals surface area contributed by atoms with E-state index in [1.54, 1.807) is 0 Å². The number of rotatable bonds is 43. The van der Waals surface area contributed by atoms with Gasteiger partial charge in [-0.2, -0.15) is 0 Å². The van der Waals surface area contributed by atoms with Crippen LogP contribution in [0.1, 0.15) is 61.3 Å². The van der Waals surface area contributed by atoms with Gasteiger partial charge in [0.1, 0.15) is 238 Å². The first-order chi connectivity index (χ1) is 69.0. The van der Waals surface area contributed by atoms with Crippen LogP contribution in [0.15, 0.2) is 0 Å². The summed E-state index contributed by atoms with van der Waals surface area (Å²) in [7, 11) is 0. The third-order valence-corrected chi connectivity index (χ3v) is 27.3. The third-order valence-electron chi connectivity index (χ3n) is 27.3. The van der Waals surface area contributed by atoms with Crippen LogP contribution in [-0.2, 0) is 138 Å². The smallest absolute Gasteiger partial charge is 0.332 e. The Bertz CT molecular complexity index is 4070. The molecule has 57 atom stereocenters. The van der Waals surface area contributed by atoms with Gasteiger partial charge >= 0.3 is 11.9 Å². The van der Waals surface area contributed by atoms with E-state index in [0.717, 1.165) is 27.7 Å². The molecule has 11 saturated heterocycles. The van der Waals surface area contributed by atoms with E-state index in [4.69, 9.17) is 109 Å². The standard InChI is InChI=1S/C83H138N4O59/c1-23-30(102)8-82(127-21-96,145-65(23)47(106)32(104)10-88)125-19-41-51(110)58(117)62(121)77(136-41)139-68-37(15-93)133-75(45(56(68)115)86-28(6)100)143-72-60(119)49(108)34(12-90)130-80(72)124-18-40-53(112)71(64(123)79(135-40)141-70-39(17-95)132-74(44(55(70)114)85-27(5)99)138-67-36(14-92)129-25(3)43(54(67)113)84-26(4)98)142-81-73(61(120)50(109)35(13-91)131-81)144-76-46(87-29(7)101)57(116)69(38(16-94)134-76)140-78-63(122)59(118)52(111)42(137-78)20-126-83(128-22-97)9-31(103)24(2)66(146-83)48(107)33(105)11-89/h21-25,30-81,88-95,102-123H,8-20H2,1-7H3,(H,84,98)(H,85,99)(H,86,100)(H,87,101)/t23-,24-,25+,30-,31-,32-,33-,34?,35?,36?,37+,38?,39?,40?,41?,42?,43?,44?,45?,46?,47-,48-,49-,50-,51+,52+,53-,54-,55-,56?,57-,58+,59+,60+,61?,62?,63?,64?,65?,66?,67-,68-,69-,70-,71+,72?,73?,74+,75+,76+,77+,78+,79+,80+,81-,82+,83+/m1/s1. The second-order valence-electron chi connectivity index (χ2n) is 37.4. The van der Waals surface area contributed by atoms with Gasteiger partial charge in [-0.25, -0.2) is 0 Å². The van der Waals surface area contributed by atoms with Gasteiger partial charge in [-0.3, -0.25) is 28.8 Å². The van der Waals surface area contributed by atoms with Gasteiger partial charge < -0.3 is 283 Å². The number of aliphatic hydroxyl groups is 30. The van der Waals surface area contributed by atoms with Crippen LogP contribution in [0.4, 0.5) is 0 Å². The molecule has 11 fully saturated rings. The van der Waals surface area contributed by atoms with Crippen molar-refractivity contribution in [1.29, 1.82) is 0 Å². The summed E-state index contributed by atoms with van der Waals surface area (Å²) in [5.41, 5.74) is 0. The summed E-state index contributed by atoms with van der Waals surface area (Å²) in [4.78, 5) is 76.0. The van der Waals surface area contributed by atoms with Gasteiger partial charge in [-0.15, -0.1) is 0 Å². The Kier molecular flexibility index (Phi) is 43.8. The monoisotopic (exact) mass is 2130 g/mol. The molecular weight excluding hydrogens is 2000 g/mol. The highest BCUT2D eigenvalue weighted by Crippen LogP contribution is 2.45. The molecule has 0 spiro atoms. The minimum Gasteiger partial charge on any atom is -0.410 e. The van der Waals surface area contributed by atoms with E-state index >= 15 is 0 Å². The second-order valence-corrected chi connectivity index (χ2v) is 37.4. The highest BCUT2D eigenvalue weighted by molar-refractivity contribution is 5.74. The van der Waals surface area contributed by atoms with E-state index in [0.29, 0.717) is 0 Å². The largest absolute Gasteiger partial charge is 0.410 e. The lowest BCUT2D eigenvalue weighted by Gasteiger charge is -2.51. The molecule has 0 aromatic rings. The van der Waals surface area contributed by atoms with Crippen molar-refractivity contribution < 1.29 is 291 Å². The molecule has 0 aromatic heterocycles. The zero-order valence-corrected chi connectivity index (χ0v) is 79.4. The molecule has 0 bridgehead atoms. The Labute approximate surface area is 828 Å². The fourth-order valence-electron chi connectivity index (χ4n) is 19.1. The number of hydrogen-bond acceptors (Lipinski definition) is 59. The Morgan fingerprint density at radius 2 is 0.589 bits per heavy atom. The van der Waals surface area contributed by atoms with E-state index in [1.807, 2.05) is 0 Å². The first-order valence-corrected chi connectivity index (χ1v) is 46.9. The second kappa shape index (κ2) is 52.8. The summed E-state index contributed by atoms with van der Waals surface area (Å²) in [6.07, 6.45) is -105. The van der Waals surface area contributed by atoms with Gasteiger partial charge in [0.15, 0.2) is 50.3 Å². The lowest BCUT2D eigenvalue weighted by molar-refractivity contribution is -0.424. The van der Waals surface area contributed by atoms with Crippen molar-refractivity contribution in [1.82, 2.24) is 21.3 Å². The molecule has 11 heterocycles. The SMILES string of the molecule is CC(=O)NC1C(O)[C@H](O[C@@H]2OC(CO[C@]3(OC=O)C[C@@H](O)[C@@H](C)C([C@H](O)[C@H](O)CO)O3)[C@H](O)[C@H](O)C2O)[C@H](CO)O[C@H]1OC1[C@@H](OCC2O[C@@H](O[C@@H]3C(CO)O[C@@H](O[C@@H]4C(CO)O[C@@H](C)C(NC(C)=O)[C@H]4O)C(NC(C)=O)[C@H]3O)C(O)[C@@H](O[C@H]3OC(CO)[C@@H](O)C(O)C3O[C@@H]3OC(CO)[C@@H](O[C@@H]4OC(CO[C@]5(OC=O)C[C@@H](O)[C@@H](C)C([C@H](O)[C@H](O)CO)O5)[C@H](O)[C@H](O)C4O)[C@H](O)C3NC(C)=O)[C@@H]2O)OC(CO)[C@@H](O)[C@@H]1O. The summed E-state index contributed by atoms with van der Waals surface area (Å²) >= 11 is 0. The van der Waals surface area contributed by atoms with E-state index in [-0.39, 0.29) is 12.9 Å². The van der Waals surface area contributed by atoms with Crippen LogP contribution in [0, 0.1) is 11.8 Å². The molecule has 4 amide bonds. The molecule has 63 heteroatoms. The molecule has 0 saturated carbocycles. The number of amides is 4. The van der Waals surface area contributed by atoms with Crippen LogP contribution in [0.5, 0.6) is 0 Å². The summed E-state index contributed by atoms with van der Waals surface area (Å²) in [5.74, 6) is -11.2. The van der Waals surface area contributed by atoms with Crippen molar-refractivity contribution in [3.8, 4) is 0 Å². The van der Waals surface area contributed by atoms with Gasteiger partial charge in [0.05, 0.1) is 122 Å². The zero-order valence-electron chi connectivity index (χ0n) is 79.4. The molecular formula is C83H138N4O59. The maximum atomic E-state index is 13.3. The maximum absolute atomic E-state index is 13.3. The molecule has 11 aliphatic rings. The number of hydrogen-bond donors (Lipinski definition) is 34. The Balaban J connectivity index is 0.887. The lowest BCUT2D eigenvalue weighted by atomic mass is 9.87. The molecule has 11 aliphatic heterocycles. The topological polar surface area (TPSA) is 970 Å². The molecule has 63 nitrogen and oxygen atoms in total. The fourth-order valence-corrected chi connectivity index (χ4v) is 19.1. The number of aliphatic hydroxyl groups excluding tert-OH is 30. The molecule has 844 valence electrons.